The lowest BCUT2D eigenvalue weighted by atomic mass is 10.2. The van der Waals surface area contributed by atoms with Crippen molar-refractivity contribution in [2.24, 2.45) is 0 Å². The van der Waals surface area contributed by atoms with Crippen LogP contribution < -0.4 is 5.48 Å². The highest BCUT2D eigenvalue weighted by Gasteiger charge is 2.16. The van der Waals surface area contributed by atoms with E-state index in [-0.39, 0.29) is 6.10 Å². The Morgan fingerprint density at radius 1 is 1.58 bits per heavy atom. The van der Waals surface area contributed by atoms with Crippen molar-refractivity contribution in [1.29, 1.82) is 0 Å². The molecule has 0 bridgehead atoms. The Morgan fingerprint density at radius 2 is 2.50 bits per heavy atom. The second-order valence-electron chi connectivity index (χ2n) is 2.44. The monoisotopic (exact) mass is 226 g/mol. The molecule has 2 rings (SSSR count). The van der Waals surface area contributed by atoms with Crippen LogP contribution >= 0.6 is 15.9 Å². The fraction of sp³-hybridized carbons (Fsp3) is 0.125. The molecule has 1 aliphatic rings. The summed E-state index contributed by atoms with van der Waals surface area (Å²) >= 11 is 3.28. The number of hydrogen-bond donors (Lipinski definition) is 1. The third-order valence-corrected chi connectivity index (χ3v) is 2.02. The third kappa shape index (κ3) is 1.49. The van der Waals surface area contributed by atoms with Crippen LogP contribution in [0.2, 0.25) is 0 Å². The highest BCUT2D eigenvalue weighted by atomic mass is 79.9. The summed E-state index contributed by atoms with van der Waals surface area (Å²) in [4.78, 5) is 9.22. The zero-order valence-electron chi connectivity index (χ0n) is 6.20. The third-order valence-electron chi connectivity index (χ3n) is 1.59. The van der Waals surface area contributed by atoms with Crippen molar-refractivity contribution in [3.8, 4) is 0 Å². The molecule has 1 aliphatic heterocycles. The molecule has 62 valence electrons. The summed E-state index contributed by atoms with van der Waals surface area (Å²) in [6.45, 7) is 0. The Bertz CT molecular complexity index is 299. The molecule has 0 amide bonds. The van der Waals surface area contributed by atoms with Crippen LogP contribution in [0.4, 0.5) is 0 Å². The normalized spacial score (nSPS) is 21.8. The fourth-order valence-corrected chi connectivity index (χ4v) is 1.36. The molecule has 0 radical (unpaired) electrons. The van der Waals surface area contributed by atoms with Gasteiger partial charge in [-0.1, -0.05) is 6.07 Å². The highest BCUT2D eigenvalue weighted by molar-refractivity contribution is 9.11. The van der Waals surface area contributed by atoms with Gasteiger partial charge < -0.3 is 0 Å². The Kier molecular flexibility index (Phi) is 2.10. The summed E-state index contributed by atoms with van der Waals surface area (Å²) in [6.07, 6.45) is 5.43. The van der Waals surface area contributed by atoms with Crippen LogP contribution in [0, 0.1) is 0 Å². The zero-order chi connectivity index (χ0) is 8.39. The van der Waals surface area contributed by atoms with E-state index in [1.54, 1.807) is 12.4 Å². The fourth-order valence-electron chi connectivity index (χ4n) is 1.03. The average Bonchev–Trinajstić information content (AvgIpc) is 2.54. The molecule has 0 fully saturated rings. The molecule has 4 heteroatoms. The maximum Gasteiger partial charge on any atom is 0.133 e. The lowest BCUT2D eigenvalue weighted by molar-refractivity contribution is 0.0456. The van der Waals surface area contributed by atoms with Gasteiger partial charge >= 0.3 is 0 Å². The summed E-state index contributed by atoms with van der Waals surface area (Å²) < 4.78 is 0.858. The molecule has 0 unspecified atom stereocenters. The number of hydroxylamine groups is 1. The number of hydrogen-bond acceptors (Lipinski definition) is 3. The minimum Gasteiger partial charge on any atom is -0.264 e. The van der Waals surface area contributed by atoms with E-state index >= 15 is 0 Å². The maximum atomic E-state index is 5.22. The Balaban J connectivity index is 2.22. The van der Waals surface area contributed by atoms with Crippen molar-refractivity contribution in [2.75, 3.05) is 0 Å². The van der Waals surface area contributed by atoms with Gasteiger partial charge in [-0.15, -0.1) is 0 Å². The van der Waals surface area contributed by atoms with Crippen LogP contribution in [-0.4, -0.2) is 4.98 Å². The molecule has 2 heterocycles. The summed E-state index contributed by atoms with van der Waals surface area (Å²) in [5, 5.41) is 0. The smallest absolute Gasteiger partial charge is 0.133 e. The first-order valence-electron chi connectivity index (χ1n) is 3.55. The number of nitrogens with zero attached hydrogens (tertiary/aromatic N) is 1. The number of aromatic nitrogens is 1. The van der Waals surface area contributed by atoms with Crippen LogP contribution in [0.15, 0.2) is 35.2 Å². The van der Waals surface area contributed by atoms with Crippen LogP contribution in [0.3, 0.4) is 0 Å². The largest absolute Gasteiger partial charge is 0.264 e. The maximum absolute atomic E-state index is 5.22. The highest BCUT2D eigenvalue weighted by Crippen LogP contribution is 2.24. The van der Waals surface area contributed by atoms with E-state index in [1.165, 1.54) is 0 Å². The van der Waals surface area contributed by atoms with Crippen LogP contribution in [-0.2, 0) is 4.84 Å². The summed E-state index contributed by atoms with van der Waals surface area (Å²) in [6, 6.07) is 3.86. The van der Waals surface area contributed by atoms with E-state index in [9.17, 15) is 0 Å². The van der Waals surface area contributed by atoms with Crippen LogP contribution in [0.1, 0.15) is 11.7 Å². The summed E-state index contributed by atoms with van der Waals surface area (Å²) in [5.74, 6) is 0. The number of pyridine rings is 1. The molecular formula is C8H7BrN2O. The first kappa shape index (κ1) is 7.76. The van der Waals surface area contributed by atoms with E-state index in [0.29, 0.717) is 0 Å². The second kappa shape index (κ2) is 3.25. The lowest BCUT2D eigenvalue weighted by Gasteiger charge is -2.05. The molecule has 0 aliphatic carbocycles. The van der Waals surface area contributed by atoms with Gasteiger partial charge in [-0.05, 0) is 28.1 Å². The number of halogens is 1. The molecule has 0 saturated heterocycles. The molecule has 1 aromatic rings. The SMILES string of the molecule is BrC1=C[C@H](c2cccnc2)ON1. The topological polar surface area (TPSA) is 34.1 Å². The Labute approximate surface area is 78.5 Å². The Morgan fingerprint density at radius 3 is 3.08 bits per heavy atom. The summed E-state index contributed by atoms with van der Waals surface area (Å²) in [7, 11) is 0. The molecule has 1 atom stereocenters. The standard InChI is InChI=1S/C8H7BrN2O/c9-8-4-7(12-11-8)6-2-1-3-10-5-6/h1-5,7,11H/t7-/m1/s1. The van der Waals surface area contributed by atoms with E-state index in [4.69, 9.17) is 4.84 Å². The molecule has 3 nitrogen and oxygen atoms in total. The van der Waals surface area contributed by atoms with Gasteiger partial charge in [-0.2, -0.15) is 0 Å². The number of rotatable bonds is 1. The van der Waals surface area contributed by atoms with Gasteiger partial charge in [0.25, 0.3) is 0 Å². The average molecular weight is 227 g/mol. The quantitative estimate of drug-likeness (QED) is 0.744. The minimum absolute atomic E-state index is 0.0342. The van der Waals surface area contributed by atoms with Gasteiger partial charge in [0, 0.05) is 18.0 Å². The van der Waals surface area contributed by atoms with Crippen molar-refractivity contribution >= 4 is 15.9 Å². The molecule has 0 aromatic carbocycles. The predicted octanol–water partition coefficient (Wildman–Crippen LogP) is 1.89. The molecule has 1 aromatic heterocycles. The lowest BCUT2D eigenvalue weighted by Crippen LogP contribution is -2.05. The first-order chi connectivity index (χ1) is 5.86. The van der Waals surface area contributed by atoms with Gasteiger partial charge in [0.15, 0.2) is 0 Å². The predicted molar refractivity (Wildman–Crippen MR) is 48.2 cm³/mol. The van der Waals surface area contributed by atoms with E-state index in [1.807, 2.05) is 18.2 Å². The van der Waals surface area contributed by atoms with E-state index < -0.39 is 0 Å². The molecule has 1 N–H and O–H groups in total. The minimum atomic E-state index is -0.0342. The molecule has 12 heavy (non-hydrogen) atoms. The van der Waals surface area contributed by atoms with Crippen molar-refractivity contribution < 1.29 is 4.84 Å². The molecule has 0 saturated carbocycles. The van der Waals surface area contributed by atoms with Crippen molar-refractivity contribution in [1.82, 2.24) is 10.5 Å². The van der Waals surface area contributed by atoms with Gasteiger partial charge in [0.05, 0.1) is 0 Å². The summed E-state index contributed by atoms with van der Waals surface area (Å²) in [5.41, 5.74) is 3.76. The Hall–Kier alpha value is -0.870. The van der Waals surface area contributed by atoms with Crippen molar-refractivity contribution in [3.05, 3.63) is 40.8 Å². The second-order valence-corrected chi connectivity index (χ2v) is 3.30. The molecular weight excluding hydrogens is 220 g/mol. The van der Waals surface area contributed by atoms with E-state index in [2.05, 4.69) is 26.4 Å². The first-order valence-corrected chi connectivity index (χ1v) is 4.34. The van der Waals surface area contributed by atoms with E-state index in [0.717, 1.165) is 10.2 Å². The van der Waals surface area contributed by atoms with Gasteiger partial charge in [-0.3, -0.25) is 15.3 Å². The van der Waals surface area contributed by atoms with Gasteiger partial charge in [0.1, 0.15) is 10.7 Å². The van der Waals surface area contributed by atoms with Gasteiger partial charge in [0.2, 0.25) is 0 Å². The molecule has 0 spiro atoms. The van der Waals surface area contributed by atoms with Crippen LogP contribution in [0.5, 0.6) is 0 Å². The van der Waals surface area contributed by atoms with Crippen LogP contribution in [0.25, 0.3) is 0 Å². The number of nitrogens with one attached hydrogen (secondary N) is 1. The van der Waals surface area contributed by atoms with Gasteiger partial charge in [-0.25, -0.2) is 0 Å². The van der Waals surface area contributed by atoms with Crippen molar-refractivity contribution in [3.63, 3.8) is 0 Å². The van der Waals surface area contributed by atoms with Crippen molar-refractivity contribution in [2.45, 2.75) is 6.10 Å². The zero-order valence-corrected chi connectivity index (χ0v) is 7.78.